The van der Waals surface area contributed by atoms with Crippen molar-refractivity contribution in [1.82, 2.24) is 10.0 Å². The van der Waals surface area contributed by atoms with E-state index in [4.69, 9.17) is 4.74 Å². The Morgan fingerprint density at radius 3 is 1.64 bits per heavy atom. The number of aryl methyl sites for hydroxylation is 1. The summed E-state index contributed by atoms with van der Waals surface area (Å²) in [4.78, 5) is 0.408. The van der Waals surface area contributed by atoms with E-state index < -0.39 is 16.1 Å². The van der Waals surface area contributed by atoms with Crippen LogP contribution in [-0.4, -0.2) is 21.6 Å². The van der Waals surface area contributed by atoms with Crippen LogP contribution in [0.5, 0.6) is 0 Å². The van der Waals surface area contributed by atoms with E-state index in [1.165, 1.54) is 5.56 Å². The van der Waals surface area contributed by atoms with Crippen LogP contribution in [0.1, 0.15) is 110 Å². The van der Waals surface area contributed by atoms with Crippen LogP contribution in [0.15, 0.2) is 102 Å². The van der Waals surface area contributed by atoms with Crippen molar-refractivity contribution in [3.05, 3.63) is 136 Å². The van der Waals surface area contributed by atoms with E-state index in [2.05, 4.69) is 94.9 Å². The zero-order valence-corrected chi connectivity index (χ0v) is 28.7. The summed E-state index contributed by atoms with van der Waals surface area (Å²) in [5.74, 6) is 0.370. The molecule has 0 aliphatic heterocycles. The first-order valence-corrected chi connectivity index (χ1v) is 17.6. The molecule has 240 valence electrons. The normalized spacial score (nSPS) is 13.5. The molecule has 2 atom stereocenters. The van der Waals surface area contributed by atoms with Crippen LogP contribution in [0, 0.1) is 6.92 Å². The van der Waals surface area contributed by atoms with Crippen molar-refractivity contribution in [3.63, 3.8) is 0 Å². The molecule has 0 heterocycles. The van der Waals surface area contributed by atoms with Gasteiger partial charge in [-0.05, 0) is 58.1 Å². The number of nitrogens with one attached hydrogen (secondary N) is 2. The van der Waals surface area contributed by atoms with Gasteiger partial charge in [0.1, 0.15) is 0 Å². The summed E-state index contributed by atoms with van der Waals surface area (Å²) < 4.78 is 38.6. The Bertz CT molecular complexity index is 1570. The molecule has 0 aliphatic carbocycles. The van der Waals surface area contributed by atoms with Crippen LogP contribution >= 0.6 is 0 Å². The van der Waals surface area contributed by atoms with E-state index in [-0.39, 0.29) is 17.9 Å². The van der Waals surface area contributed by atoms with Gasteiger partial charge in [-0.2, -0.15) is 0 Å². The van der Waals surface area contributed by atoms with Crippen molar-refractivity contribution in [2.45, 2.75) is 89.8 Å². The van der Waals surface area contributed by atoms with Crippen molar-refractivity contribution in [1.29, 1.82) is 0 Å². The van der Waals surface area contributed by atoms with Gasteiger partial charge in [0.25, 0.3) is 0 Å². The van der Waals surface area contributed by atoms with Crippen molar-refractivity contribution in [2.75, 3.05) is 13.2 Å². The van der Waals surface area contributed by atoms with E-state index >= 15 is 0 Å². The standard InChI is InChI=1S/C39H50N2O3S/c1-27(2)34-24-35(28(3)4)39(36(25-34)29(5)6)45(42,43)41-38(33-16-12-9-13-17-33)37(32-14-10-8-11-15-32)40-22-23-44-26-31-20-18-30(7)19-21-31/h8-21,24-25,27-29,37-38,40-41H,22-23,26H2,1-7H3/t37-,38-/m0/s1. The largest absolute Gasteiger partial charge is 0.375 e. The van der Waals surface area contributed by atoms with Crippen LogP contribution in [-0.2, 0) is 21.4 Å². The minimum atomic E-state index is -3.95. The van der Waals surface area contributed by atoms with Crippen LogP contribution in [0.25, 0.3) is 0 Å². The van der Waals surface area contributed by atoms with E-state index in [9.17, 15) is 8.42 Å². The molecule has 4 aromatic rings. The fourth-order valence-corrected chi connectivity index (χ4v) is 7.60. The predicted molar refractivity (Wildman–Crippen MR) is 186 cm³/mol. The summed E-state index contributed by atoms with van der Waals surface area (Å²) in [5.41, 5.74) is 7.11. The number of hydrogen-bond donors (Lipinski definition) is 2. The average Bonchev–Trinajstić information content (AvgIpc) is 3.02. The Morgan fingerprint density at radius 2 is 1.16 bits per heavy atom. The summed E-state index contributed by atoms with van der Waals surface area (Å²) in [5, 5.41) is 3.65. The van der Waals surface area contributed by atoms with Gasteiger partial charge in [0.05, 0.1) is 30.2 Å². The highest BCUT2D eigenvalue weighted by Gasteiger charge is 2.33. The molecule has 6 heteroatoms. The number of benzene rings is 4. The van der Waals surface area contributed by atoms with Crippen LogP contribution in [0.4, 0.5) is 0 Å². The predicted octanol–water partition coefficient (Wildman–Crippen LogP) is 8.93. The van der Waals surface area contributed by atoms with Gasteiger partial charge < -0.3 is 10.1 Å². The monoisotopic (exact) mass is 626 g/mol. The van der Waals surface area contributed by atoms with Crippen LogP contribution < -0.4 is 10.0 Å². The van der Waals surface area contributed by atoms with Gasteiger partial charge >= 0.3 is 0 Å². The van der Waals surface area contributed by atoms with E-state index in [1.807, 2.05) is 60.7 Å². The summed E-state index contributed by atoms with van der Waals surface area (Å²) in [7, 11) is -3.95. The van der Waals surface area contributed by atoms with Crippen molar-refractivity contribution < 1.29 is 13.2 Å². The van der Waals surface area contributed by atoms with E-state index in [0.717, 1.165) is 33.4 Å². The summed E-state index contributed by atoms with van der Waals surface area (Å²) in [6.07, 6.45) is 0. The Morgan fingerprint density at radius 1 is 0.644 bits per heavy atom. The number of rotatable bonds is 15. The number of hydrogen-bond acceptors (Lipinski definition) is 4. The topological polar surface area (TPSA) is 67.4 Å². The van der Waals surface area contributed by atoms with Crippen molar-refractivity contribution in [2.24, 2.45) is 0 Å². The lowest BCUT2D eigenvalue weighted by Crippen LogP contribution is -2.40. The van der Waals surface area contributed by atoms with Gasteiger partial charge in [0, 0.05) is 6.54 Å². The third-order valence-electron chi connectivity index (χ3n) is 8.28. The molecule has 0 saturated heterocycles. The number of sulfonamides is 1. The molecule has 0 radical (unpaired) electrons. The molecule has 45 heavy (non-hydrogen) atoms. The zero-order chi connectivity index (χ0) is 32.6. The highest BCUT2D eigenvalue weighted by Crippen LogP contribution is 2.37. The van der Waals surface area contributed by atoms with Crippen molar-refractivity contribution >= 4 is 10.0 Å². The molecule has 0 amide bonds. The lowest BCUT2D eigenvalue weighted by Gasteiger charge is -2.31. The summed E-state index contributed by atoms with van der Waals surface area (Å²) in [6.45, 7) is 16.2. The first-order chi connectivity index (χ1) is 21.5. The van der Waals surface area contributed by atoms with Crippen LogP contribution in [0.2, 0.25) is 0 Å². The fraction of sp³-hybridized carbons (Fsp3) is 0.385. The Balaban J connectivity index is 1.70. The molecule has 0 aliphatic rings. The van der Waals surface area contributed by atoms with Gasteiger partial charge in [-0.25, -0.2) is 13.1 Å². The molecule has 4 rings (SSSR count). The maximum absolute atomic E-state index is 14.7. The highest BCUT2D eigenvalue weighted by atomic mass is 32.2. The molecule has 0 aromatic heterocycles. The highest BCUT2D eigenvalue weighted by molar-refractivity contribution is 7.89. The van der Waals surface area contributed by atoms with Gasteiger partial charge in [-0.15, -0.1) is 0 Å². The van der Waals surface area contributed by atoms with Crippen LogP contribution in [0.3, 0.4) is 0 Å². The molecule has 0 spiro atoms. The van der Waals surface area contributed by atoms with E-state index in [0.29, 0.717) is 30.6 Å². The van der Waals surface area contributed by atoms with E-state index in [1.54, 1.807) is 0 Å². The number of ether oxygens (including phenoxy) is 1. The minimum absolute atomic E-state index is 0.0386. The Hall–Kier alpha value is -3.29. The molecule has 0 saturated carbocycles. The maximum atomic E-state index is 14.7. The average molecular weight is 627 g/mol. The first-order valence-electron chi connectivity index (χ1n) is 16.1. The SMILES string of the molecule is Cc1ccc(COCCN[C@@H](c2ccccc2)[C@@H](NS(=O)(=O)c2c(C(C)C)cc(C(C)C)cc2C(C)C)c2ccccc2)cc1. The van der Waals surface area contributed by atoms with Gasteiger partial charge in [0.15, 0.2) is 0 Å². The molecule has 0 bridgehead atoms. The second-order valence-corrected chi connectivity index (χ2v) is 14.5. The van der Waals surface area contributed by atoms with Gasteiger partial charge in [-0.3, -0.25) is 0 Å². The third-order valence-corrected chi connectivity index (χ3v) is 9.85. The molecule has 0 unspecified atom stereocenters. The van der Waals surface area contributed by atoms with Gasteiger partial charge in [0.2, 0.25) is 10.0 Å². The second kappa shape index (κ2) is 15.8. The third kappa shape index (κ3) is 9.14. The molecular weight excluding hydrogens is 577 g/mol. The smallest absolute Gasteiger partial charge is 0.241 e. The lowest BCUT2D eigenvalue weighted by molar-refractivity contribution is 0.119. The summed E-state index contributed by atoms with van der Waals surface area (Å²) >= 11 is 0. The first kappa shape index (κ1) is 34.6. The Labute approximate surface area is 271 Å². The molecular formula is C39H50N2O3S. The van der Waals surface area contributed by atoms with Gasteiger partial charge in [-0.1, -0.05) is 144 Å². The molecule has 0 fully saturated rings. The lowest BCUT2D eigenvalue weighted by atomic mass is 9.89. The molecule has 4 aromatic carbocycles. The quantitative estimate of drug-likeness (QED) is 0.129. The molecule has 2 N–H and O–H groups in total. The second-order valence-electron chi connectivity index (χ2n) is 12.9. The zero-order valence-electron chi connectivity index (χ0n) is 27.9. The maximum Gasteiger partial charge on any atom is 0.241 e. The fourth-order valence-electron chi connectivity index (χ4n) is 5.66. The Kier molecular flexibility index (Phi) is 12.2. The minimum Gasteiger partial charge on any atom is -0.375 e. The summed E-state index contributed by atoms with van der Waals surface area (Å²) in [6, 6.07) is 31.5. The van der Waals surface area contributed by atoms with Crippen molar-refractivity contribution in [3.8, 4) is 0 Å². The molecule has 5 nitrogen and oxygen atoms in total.